The van der Waals surface area contributed by atoms with Crippen molar-refractivity contribution < 1.29 is 18.6 Å². The molecule has 0 N–H and O–H groups in total. The fraction of sp³-hybridized carbons (Fsp3) is 1.00. The maximum absolute atomic E-state index is 14.4. The minimum absolute atomic E-state index is 0.0679. The zero-order chi connectivity index (χ0) is 16.2. The second kappa shape index (κ2) is 4.87. The second-order valence-electron chi connectivity index (χ2n) is 7.02. The molecule has 120 valence electrons. The van der Waals surface area contributed by atoms with Gasteiger partial charge >= 0.3 is 7.25 Å². The van der Waals surface area contributed by atoms with Gasteiger partial charge in [0.2, 0.25) is 0 Å². The van der Waals surface area contributed by atoms with E-state index in [0.29, 0.717) is 0 Å². The first-order chi connectivity index (χ1) is 9.41. The summed E-state index contributed by atoms with van der Waals surface area (Å²) >= 11 is 0. The van der Waals surface area contributed by atoms with Crippen molar-refractivity contribution in [2.75, 3.05) is 20.1 Å². The van der Waals surface area contributed by atoms with Gasteiger partial charge in [-0.15, -0.1) is 0 Å². The molecule has 0 radical (unpaired) electrons. The zero-order valence-electron chi connectivity index (χ0n) is 13.4. The van der Waals surface area contributed by atoms with E-state index in [1.165, 1.54) is 16.6 Å². The number of alkyl halides is 1. The van der Waals surface area contributed by atoms with Gasteiger partial charge in [-0.25, -0.2) is 9.29 Å². The maximum atomic E-state index is 14.4. The van der Waals surface area contributed by atoms with Crippen LogP contribution in [0.2, 0.25) is 0 Å². The summed E-state index contributed by atoms with van der Waals surface area (Å²) in [6.45, 7) is 8.77. The van der Waals surface area contributed by atoms with Crippen LogP contribution in [0.1, 0.15) is 34.6 Å². The van der Waals surface area contributed by atoms with Gasteiger partial charge in [0.25, 0.3) is 5.66 Å². The van der Waals surface area contributed by atoms with Crippen molar-refractivity contribution in [1.29, 1.82) is 0 Å². The Hall–Kier alpha value is -0.765. The molecule has 0 aromatic carbocycles. The minimum atomic E-state index is -1.38. The van der Waals surface area contributed by atoms with Crippen molar-refractivity contribution in [1.82, 2.24) is 9.71 Å². The molecule has 0 amide bonds. The van der Waals surface area contributed by atoms with E-state index < -0.39 is 35.3 Å². The molecule has 0 saturated carbocycles. The SMILES string of the molecule is CN1CC(F)N(B2OC(C)(C)C(C)(C)O2)CC1(C)[N+](=O)[O-]. The normalized spacial score (nSPS) is 36.9. The highest BCUT2D eigenvalue weighted by molar-refractivity contribution is 6.42. The van der Waals surface area contributed by atoms with Gasteiger partial charge in [-0.05, 0) is 34.7 Å². The molecule has 2 atom stereocenters. The number of hydrogen-bond donors (Lipinski definition) is 0. The Balaban J connectivity index is 2.23. The van der Waals surface area contributed by atoms with Crippen LogP contribution >= 0.6 is 0 Å². The smallest absolute Gasteiger partial charge is 0.389 e. The van der Waals surface area contributed by atoms with Gasteiger partial charge < -0.3 is 9.31 Å². The molecular formula is C12H23BFN3O4. The highest BCUT2D eigenvalue weighted by Crippen LogP contribution is 2.39. The Morgan fingerprint density at radius 3 is 2.14 bits per heavy atom. The first kappa shape index (κ1) is 16.6. The van der Waals surface area contributed by atoms with E-state index >= 15 is 0 Å². The molecule has 2 heterocycles. The van der Waals surface area contributed by atoms with E-state index in [0.717, 1.165) is 0 Å². The Kier molecular flexibility index (Phi) is 3.85. The quantitative estimate of drug-likeness (QED) is 0.329. The second-order valence-corrected chi connectivity index (χ2v) is 7.02. The van der Waals surface area contributed by atoms with Gasteiger partial charge in [-0.3, -0.25) is 14.9 Å². The highest BCUT2D eigenvalue weighted by Gasteiger charge is 2.60. The van der Waals surface area contributed by atoms with Crippen LogP contribution in [0.4, 0.5) is 4.39 Å². The number of piperazine rings is 1. The molecule has 2 rings (SSSR count). The van der Waals surface area contributed by atoms with E-state index in [1.807, 2.05) is 27.7 Å². The topological polar surface area (TPSA) is 68.1 Å². The van der Waals surface area contributed by atoms with Crippen LogP contribution in [-0.4, -0.2) is 65.2 Å². The summed E-state index contributed by atoms with van der Waals surface area (Å²) in [5.74, 6) is 0. The summed E-state index contributed by atoms with van der Waals surface area (Å²) in [5, 5.41) is 11.3. The molecule has 0 bridgehead atoms. The number of rotatable bonds is 2. The van der Waals surface area contributed by atoms with Crippen LogP contribution in [0, 0.1) is 10.1 Å². The monoisotopic (exact) mass is 303 g/mol. The molecule has 0 aliphatic carbocycles. The molecule has 2 saturated heterocycles. The van der Waals surface area contributed by atoms with Crippen LogP contribution in [0.3, 0.4) is 0 Å². The molecule has 2 aliphatic rings. The lowest BCUT2D eigenvalue weighted by Crippen LogP contribution is -2.68. The van der Waals surface area contributed by atoms with Crippen LogP contribution in [0.25, 0.3) is 0 Å². The molecule has 0 aromatic rings. The first-order valence-corrected chi connectivity index (χ1v) is 7.02. The van der Waals surface area contributed by atoms with Crippen molar-refractivity contribution in [3.63, 3.8) is 0 Å². The third kappa shape index (κ3) is 2.56. The van der Waals surface area contributed by atoms with Crippen LogP contribution in [-0.2, 0) is 9.31 Å². The lowest BCUT2D eigenvalue weighted by atomic mass is 9.90. The van der Waals surface area contributed by atoms with E-state index in [4.69, 9.17) is 9.31 Å². The minimum Gasteiger partial charge on any atom is -0.389 e. The van der Waals surface area contributed by atoms with Crippen LogP contribution < -0.4 is 0 Å². The molecule has 21 heavy (non-hydrogen) atoms. The molecule has 2 fully saturated rings. The molecule has 9 heteroatoms. The number of nitro groups is 1. The average molecular weight is 303 g/mol. The maximum Gasteiger partial charge on any atom is 0.561 e. The standard InChI is InChI=1S/C12H23BFN3O4/c1-10(2)11(3,4)21-13(20-10)16-8-12(5,17(18)19)15(6)7-9(16)14/h9H,7-8H2,1-6H3. The predicted molar refractivity (Wildman–Crippen MR) is 75.7 cm³/mol. The van der Waals surface area contributed by atoms with Gasteiger partial charge in [-0.1, -0.05) is 0 Å². The number of nitrogens with zero attached hydrogens (tertiary/aromatic N) is 3. The Morgan fingerprint density at radius 2 is 1.71 bits per heavy atom. The lowest BCUT2D eigenvalue weighted by molar-refractivity contribution is -0.600. The summed E-state index contributed by atoms with van der Waals surface area (Å²) in [6, 6.07) is 0. The van der Waals surface area contributed by atoms with E-state index in [1.54, 1.807) is 7.05 Å². The number of halogens is 1. The third-order valence-corrected chi connectivity index (χ3v) is 4.99. The van der Waals surface area contributed by atoms with Crippen LogP contribution in [0.15, 0.2) is 0 Å². The van der Waals surface area contributed by atoms with Gasteiger partial charge in [0.05, 0.1) is 17.7 Å². The Labute approximate surface area is 124 Å². The van der Waals surface area contributed by atoms with Crippen molar-refractivity contribution >= 4 is 7.25 Å². The van der Waals surface area contributed by atoms with Gasteiger partial charge in [-0.2, -0.15) is 0 Å². The molecule has 7 nitrogen and oxygen atoms in total. The Morgan fingerprint density at radius 1 is 1.24 bits per heavy atom. The lowest BCUT2D eigenvalue weighted by Gasteiger charge is -2.43. The number of likely N-dealkylation sites (N-methyl/N-ethyl adjacent to an activating group) is 1. The Bertz CT molecular complexity index is 434. The third-order valence-electron chi connectivity index (χ3n) is 4.99. The zero-order valence-corrected chi connectivity index (χ0v) is 13.4. The molecule has 0 spiro atoms. The van der Waals surface area contributed by atoms with Gasteiger partial charge in [0.15, 0.2) is 6.30 Å². The van der Waals surface area contributed by atoms with E-state index in [-0.39, 0.29) is 13.1 Å². The molecule has 2 aliphatic heterocycles. The molecule has 2 unspecified atom stereocenters. The highest BCUT2D eigenvalue weighted by atomic mass is 19.1. The van der Waals surface area contributed by atoms with Gasteiger partial charge in [0, 0.05) is 18.4 Å². The predicted octanol–water partition coefficient (Wildman–Crippen LogP) is 1.11. The summed E-state index contributed by atoms with van der Waals surface area (Å²) in [4.78, 5) is 13.7. The summed E-state index contributed by atoms with van der Waals surface area (Å²) in [7, 11) is 0.634. The van der Waals surface area contributed by atoms with E-state index in [2.05, 4.69) is 0 Å². The first-order valence-electron chi connectivity index (χ1n) is 7.02. The average Bonchev–Trinajstić information content (AvgIpc) is 2.53. The summed E-state index contributed by atoms with van der Waals surface area (Å²) in [6.07, 6.45) is -1.38. The molecular weight excluding hydrogens is 280 g/mol. The van der Waals surface area contributed by atoms with E-state index in [9.17, 15) is 14.5 Å². The fourth-order valence-electron chi connectivity index (χ4n) is 2.44. The summed E-state index contributed by atoms with van der Waals surface area (Å²) < 4.78 is 26.0. The van der Waals surface area contributed by atoms with Crippen molar-refractivity contribution in [3.05, 3.63) is 10.1 Å². The van der Waals surface area contributed by atoms with Crippen LogP contribution in [0.5, 0.6) is 0 Å². The molecule has 0 aromatic heterocycles. The fourth-order valence-corrected chi connectivity index (χ4v) is 2.44. The number of hydrogen-bond acceptors (Lipinski definition) is 6. The van der Waals surface area contributed by atoms with Crippen molar-refractivity contribution in [2.24, 2.45) is 0 Å². The van der Waals surface area contributed by atoms with Crippen molar-refractivity contribution in [3.8, 4) is 0 Å². The summed E-state index contributed by atoms with van der Waals surface area (Å²) in [5.41, 5.74) is -2.58. The largest absolute Gasteiger partial charge is 0.561 e. The van der Waals surface area contributed by atoms with Crippen molar-refractivity contribution in [2.45, 2.75) is 57.8 Å². The van der Waals surface area contributed by atoms with Gasteiger partial charge in [0.1, 0.15) is 0 Å².